The lowest BCUT2D eigenvalue weighted by molar-refractivity contribution is -0.111. The van der Waals surface area contributed by atoms with Gasteiger partial charge in [0.25, 0.3) is 0 Å². The number of fused-ring (bicyclic) bond motifs is 1. The lowest BCUT2D eigenvalue weighted by Crippen LogP contribution is -2.53. The molecule has 1 saturated carbocycles. The van der Waals surface area contributed by atoms with Gasteiger partial charge in [-0.2, -0.15) is 4.98 Å². The van der Waals surface area contributed by atoms with Crippen LogP contribution in [0.3, 0.4) is 0 Å². The summed E-state index contributed by atoms with van der Waals surface area (Å²) in [6, 6.07) is 8.00. The van der Waals surface area contributed by atoms with Crippen LogP contribution in [0.25, 0.3) is 11.0 Å². The van der Waals surface area contributed by atoms with Crippen molar-refractivity contribution in [2.45, 2.75) is 31.7 Å². The summed E-state index contributed by atoms with van der Waals surface area (Å²) in [4.78, 5) is 35.1. The molecule has 6 rings (SSSR count). The van der Waals surface area contributed by atoms with Crippen molar-refractivity contribution in [3.63, 3.8) is 0 Å². The summed E-state index contributed by atoms with van der Waals surface area (Å²) in [6.45, 7) is 8.77. The molecule has 3 N–H and O–H groups in total. The maximum atomic E-state index is 13.4. The molecule has 2 aromatic heterocycles. The zero-order valence-electron chi connectivity index (χ0n) is 27.9. The van der Waals surface area contributed by atoms with E-state index in [9.17, 15) is 9.36 Å². The van der Waals surface area contributed by atoms with Gasteiger partial charge in [0, 0.05) is 37.6 Å². The van der Waals surface area contributed by atoms with Gasteiger partial charge < -0.3 is 35.1 Å². The van der Waals surface area contributed by atoms with Crippen molar-refractivity contribution >= 4 is 75.5 Å². The molecule has 0 radical (unpaired) electrons. The molecule has 12 nitrogen and oxygen atoms in total. The normalized spacial score (nSPS) is 16.1. The Labute approximate surface area is 285 Å². The molecule has 2 fully saturated rings. The molecule has 1 aliphatic heterocycles. The molecule has 1 aliphatic carbocycles. The summed E-state index contributed by atoms with van der Waals surface area (Å²) in [5, 5.41) is 10.3. The fraction of sp³-hybridized carbons (Fsp3) is 0.382. The zero-order valence-corrected chi connectivity index (χ0v) is 29.5. The van der Waals surface area contributed by atoms with Crippen LogP contribution in [0.2, 0.25) is 5.02 Å². The van der Waals surface area contributed by atoms with Crippen LogP contribution in [0.15, 0.2) is 55.5 Å². The molecule has 252 valence electrons. The molecule has 2 aromatic carbocycles. The number of hydrogen-bond acceptors (Lipinski definition) is 11. The summed E-state index contributed by atoms with van der Waals surface area (Å²) in [5.41, 5.74) is 4.18. The summed E-state index contributed by atoms with van der Waals surface area (Å²) in [5.74, 6) is 0.771. The van der Waals surface area contributed by atoms with E-state index < -0.39 is 7.14 Å². The van der Waals surface area contributed by atoms with Gasteiger partial charge in [-0.15, -0.1) is 0 Å². The molecular weight excluding hydrogens is 649 g/mol. The van der Waals surface area contributed by atoms with Crippen LogP contribution in [0.5, 0.6) is 5.75 Å². The van der Waals surface area contributed by atoms with Gasteiger partial charge in [0.05, 0.1) is 46.9 Å². The Hall–Kier alpha value is -4.25. The molecule has 3 heterocycles. The zero-order chi connectivity index (χ0) is 34.2. The smallest absolute Gasteiger partial charge is 0.247 e. The number of rotatable bonds is 10. The highest BCUT2D eigenvalue weighted by Gasteiger charge is 2.46. The molecule has 0 unspecified atom stereocenters. The molecule has 1 saturated heterocycles. The number of piperidine rings is 1. The van der Waals surface area contributed by atoms with E-state index >= 15 is 0 Å². The minimum atomic E-state index is -2.81. The first-order chi connectivity index (χ1) is 22.9. The second-order valence-electron chi connectivity index (χ2n) is 13.2. The molecule has 1 spiro atoms. The van der Waals surface area contributed by atoms with Gasteiger partial charge in [-0.25, -0.2) is 4.98 Å². The van der Waals surface area contributed by atoms with Gasteiger partial charge in [0.15, 0.2) is 5.82 Å². The largest absolute Gasteiger partial charge is 0.494 e. The van der Waals surface area contributed by atoms with E-state index in [1.165, 1.54) is 25.1 Å². The van der Waals surface area contributed by atoms with Gasteiger partial charge in [0.1, 0.15) is 23.4 Å². The number of ether oxygens (including phenoxy) is 1. The van der Waals surface area contributed by atoms with Crippen molar-refractivity contribution < 1.29 is 14.1 Å². The summed E-state index contributed by atoms with van der Waals surface area (Å²) in [6.07, 6.45) is 10.5. The van der Waals surface area contributed by atoms with E-state index in [1.54, 1.807) is 45.0 Å². The number of nitrogens with one attached hydrogen (secondary N) is 3. The Morgan fingerprint density at radius 2 is 1.81 bits per heavy atom. The van der Waals surface area contributed by atoms with Crippen LogP contribution in [-0.4, -0.2) is 84.4 Å². The number of methoxy groups -OCH3 is 1. The van der Waals surface area contributed by atoms with Gasteiger partial charge in [-0.3, -0.25) is 14.8 Å². The van der Waals surface area contributed by atoms with Gasteiger partial charge >= 0.3 is 0 Å². The molecule has 4 aromatic rings. The highest BCUT2D eigenvalue weighted by molar-refractivity contribution is 7.71. The van der Waals surface area contributed by atoms with Crippen LogP contribution in [-0.2, 0) is 9.36 Å². The molecule has 14 heteroatoms. The minimum Gasteiger partial charge on any atom is -0.494 e. The van der Waals surface area contributed by atoms with Crippen LogP contribution in [0.4, 0.5) is 34.5 Å². The highest BCUT2D eigenvalue weighted by atomic mass is 35.5. The molecular formula is C34H41ClN9O3P. The Morgan fingerprint density at radius 1 is 1.08 bits per heavy atom. The number of nitrogens with zero attached hydrogens (tertiary/aromatic N) is 6. The number of benzene rings is 2. The maximum Gasteiger partial charge on any atom is 0.247 e. The molecule has 48 heavy (non-hydrogen) atoms. The second kappa shape index (κ2) is 13.3. The lowest BCUT2D eigenvalue weighted by atomic mass is 9.60. The second-order valence-corrected chi connectivity index (χ2v) is 16.7. The molecule has 0 bridgehead atoms. The van der Waals surface area contributed by atoms with Crippen molar-refractivity contribution in [3.05, 3.63) is 60.5 Å². The first kappa shape index (κ1) is 33.6. The summed E-state index contributed by atoms with van der Waals surface area (Å²) >= 11 is 6.55. The first-order valence-electron chi connectivity index (χ1n) is 15.8. The van der Waals surface area contributed by atoms with E-state index in [2.05, 4.69) is 66.4 Å². The third kappa shape index (κ3) is 6.83. The average molecular weight is 690 g/mol. The van der Waals surface area contributed by atoms with E-state index in [0.717, 1.165) is 31.6 Å². The number of carbonyl (C=O) groups excluding carboxylic acids is 1. The van der Waals surface area contributed by atoms with Crippen molar-refractivity contribution in [2.24, 2.45) is 5.41 Å². The number of halogens is 1. The van der Waals surface area contributed by atoms with Crippen molar-refractivity contribution in [1.82, 2.24) is 24.8 Å². The molecule has 1 amide bonds. The number of aromatic nitrogens is 4. The predicted molar refractivity (Wildman–Crippen MR) is 195 cm³/mol. The van der Waals surface area contributed by atoms with Crippen molar-refractivity contribution in [3.8, 4) is 5.75 Å². The minimum absolute atomic E-state index is 0.229. The Kier molecular flexibility index (Phi) is 9.35. The van der Waals surface area contributed by atoms with Crippen molar-refractivity contribution in [1.29, 1.82) is 0 Å². The standard InChI is InChI=1S/C34H41ClN9O3P/c1-7-29(45)39-25-16-26(28(47-4)17-27(25)44-14-10-34(11-15-44)18-21(19-34)43(2)3)41-33-38-20-22(35)32(42-33)40-24-9-8-23-30(37-13-12-36-23)31(24)48(5,6)46/h7-9,12-13,16-17,20-21H,1,10-11,14-15,18-19H2,2-6H3,(H,39,45)(H2,38,40,41,42). The monoisotopic (exact) mass is 689 g/mol. The van der Waals surface area contributed by atoms with Crippen LogP contribution in [0.1, 0.15) is 25.7 Å². The quantitative estimate of drug-likeness (QED) is 0.129. The van der Waals surface area contributed by atoms with Crippen LogP contribution >= 0.6 is 18.7 Å². The Morgan fingerprint density at radius 3 is 2.48 bits per heavy atom. The fourth-order valence-electron chi connectivity index (χ4n) is 6.75. The highest BCUT2D eigenvalue weighted by Crippen LogP contribution is 2.52. The molecule has 0 atom stereocenters. The summed E-state index contributed by atoms with van der Waals surface area (Å²) in [7, 11) is 3.10. The van der Waals surface area contributed by atoms with E-state index in [0.29, 0.717) is 56.4 Å². The van der Waals surface area contributed by atoms with Gasteiger partial charge in [-0.05, 0) is 82.8 Å². The van der Waals surface area contributed by atoms with E-state index in [-0.39, 0.29) is 16.9 Å². The Bertz CT molecular complexity index is 1920. The molecule has 2 aliphatic rings. The number of anilines is 6. The van der Waals surface area contributed by atoms with E-state index in [4.69, 9.17) is 16.3 Å². The first-order valence-corrected chi connectivity index (χ1v) is 18.8. The Balaban J connectivity index is 1.29. The number of amides is 1. The maximum absolute atomic E-state index is 13.4. The fourth-order valence-corrected chi connectivity index (χ4v) is 8.28. The van der Waals surface area contributed by atoms with Crippen LogP contribution < -0.4 is 30.9 Å². The van der Waals surface area contributed by atoms with Crippen molar-refractivity contribution in [2.75, 3.05) is 68.5 Å². The lowest BCUT2D eigenvalue weighted by Gasteiger charge is -2.54. The summed E-state index contributed by atoms with van der Waals surface area (Å²) < 4.78 is 19.2. The number of carbonyl (C=O) groups is 1. The third-order valence-electron chi connectivity index (χ3n) is 9.39. The van der Waals surface area contributed by atoms with Gasteiger partial charge in [-0.1, -0.05) is 18.2 Å². The topological polar surface area (TPSA) is 138 Å². The van der Waals surface area contributed by atoms with Gasteiger partial charge in [0.2, 0.25) is 11.9 Å². The predicted octanol–water partition coefficient (Wildman–Crippen LogP) is 6.25. The SMILES string of the molecule is C=CC(=O)Nc1cc(Nc2ncc(Cl)c(Nc3ccc4nccnc4c3P(C)(C)=O)n2)c(OC)cc1N1CCC2(CC1)CC(N(C)C)C2. The number of hydrogen-bond donors (Lipinski definition) is 3. The third-order valence-corrected chi connectivity index (χ3v) is 11.2. The van der Waals surface area contributed by atoms with E-state index in [1.807, 2.05) is 12.1 Å². The van der Waals surface area contributed by atoms with Crippen LogP contribution in [0, 0.1) is 5.41 Å². The average Bonchev–Trinajstić information content (AvgIpc) is 3.04.